The summed E-state index contributed by atoms with van der Waals surface area (Å²) in [5.41, 5.74) is 2.55. The normalized spacial score (nSPS) is 17.8. The Hall–Kier alpha value is -1.66. The number of sulfone groups is 1. The first-order chi connectivity index (χ1) is 10.8. The highest BCUT2D eigenvalue weighted by atomic mass is 32.2. The molecule has 1 atom stereocenters. The van der Waals surface area contributed by atoms with Crippen molar-refractivity contribution in [3.05, 3.63) is 57.3 Å². The minimum Gasteiger partial charge on any atom is -0.331 e. The van der Waals surface area contributed by atoms with Gasteiger partial charge in [-0.15, -0.1) is 11.3 Å². The summed E-state index contributed by atoms with van der Waals surface area (Å²) >= 11 is 1.75. The van der Waals surface area contributed by atoms with Crippen molar-refractivity contribution in [1.29, 1.82) is 0 Å². The molecule has 1 amide bonds. The molecule has 0 saturated heterocycles. The summed E-state index contributed by atoms with van der Waals surface area (Å²) in [5, 5.41) is 2.08. The van der Waals surface area contributed by atoms with Crippen LogP contribution in [0.2, 0.25) is 0 Å². The summed E-state index contributed by atoms with van der Waals surface area (Å²) in [6, 6.07) is 9.06. The number of carbonyl (C=O) groups excluding carboxylic acids is 1. The van der Waals surface area contributed by atoms with E-state index in [2.05, 4.69) is 18.4 Å². The molecule has 1 aromatic heterocycles. The summed E-state index contributed by atoms with van der Waals surface area (Å²) in [4.78, 5) is 16.0. The van der Waals surface area contributed by atoms with Crippen molar-refractivity contribution in [3.63, 3.8) is 0 Å². The van der Waals surface area contributed by atoms with Crippen LogP contribution in [0.25, 0.3) is 0 Å². The number of thiophene rings is 1. The van der Waals surface area contributed by atoms with Gasteiger partial charge in [0.1, 0.15) is 0 Å². The molecule has 1 aliphatic heterocycles. The highest BCUT2D eigenvalue weighted by Gasteiger charge is 2.28. The van der Waals surface area contributed by atoms with Crippen molar-refractivity contribution in [1.82, 2.24) is 4.90 Å². The van der Waals surface area contributed by atoms with Gasteiger partial charge in [0, 0.05) is 23.2 Å². The fourth-order valence-corrected chi connectivity index (χ4v) is 4.76. The molecule has 23 heavy (non-hydrogen) atoms. The third-order valence-electron chi connectivity index (χ3n) is 4.17. The van der Waals surface area contributed by atoms with Gasteiger partial charge >= 0.3 is 0 Å². The lowest BCUT2D eigenvalue weighted by molar-refractivity contribution is 0.0679. The minimum absolute atomic E-state index is 0.000148. The van der Waals surface area contributed by atoms with Gasteiger partial charge in [0.05, 0.1) is 11.8 Å². The number of rotatable bonds is 3. The topological polar surface area (TPSA) is 54.5 Å². The number of benzene rings is 1. The van der Waals surface area contributed by atoms with E-state index in [4.69, 9.17) is 0 Å². The van der Waals surface area contributed by atoms with E-state index >= 15 is 0 Å². The van der Waals surface area contributed by atoms with E-state index in [1.54, 1.807) is 35.6 Å². The Morgan fingerprint density at radius 3 is 2.61 bits per heavy atom. The number of carbonyl (C=O) groups is 1. The molecule has 122 valence electrons. The molecule has 0 aliphatic carbocycles. The van der Waals surface area contributed by atoms with E-state index in [1.807, 2.05) is 4.90 Å². The molecule has 2 aromatic rings. The molecule has 0 saturated carbocycles. The largest absolute Gasteiger partial charge is 0.331 e. The van der Waals surface area contributed by atoms with Crippen LogP contribution in [-0.2, 0) is 22.0 Å². The second kappa shape index (κ2) is 6.09. The maximum absolute atomic E-state index is 12.7. The number of fused-ring (bicyclic) bond motifs is 1. The molecule has 0 bridgehead atoms. The van der Waals surface area contributed by atoms with Crippen LogP contribution in [0.1, 0.15) is 39.3 Å². The average molecular weight is 349 g/mol. The molecule has 6 heteroatoms. The summed E-state index contributed by atoms with van der Waals surface area (Å²) < 4.78 is 22.7. The second-order valence-electron chi connectivity index (χ2n) is 5.99. The van der Waals surface area contributed by atoms with Gasteiger partial charge in [-0.1, -0.05) is 12.1 Å². The molecule has 1 aromatic carbocycles. The monoisotopic (exact) mass is 349 g/mol. The van der Waals surface area contributed by atoms with Gasteiger partial charge in [0.2, 0.25) is 0 Å². The zero-order chi connectivity index (χ0) is 16.6. The maximum atomic E-state index is 12.7. The Balaban J connectivity index is 1.79. The predicted octanol–water partition coefficient (Wildman–Crippen LogP) is 3.05. The van der Waals surface area contributed by atoms with Crippen molar-refractivity contribution < 1.29 is 13.2 Å². The van der Waals surface area contributed by atoms with Gasteiger partial charge in [-0.25, -0.2) is 8.42 Å². The first kappa shape index (κ1) is 16.2. The van der Waals surface area contributed by atoms with Gasteiger partial charge in [0.15, 0.2) is 9.84 Å². The molecule has 0 fully saturated rings. The molecule has 0 spiro atoms. The average Bonchev–Trinajstić information content (AvgIpc) is 2.95. The zero-order valence-electron chi connectivity index (χ0n) is 13.2. The van der Waals surface area contributed by atoms with E-state index < -0.39 is 9.84 Å². The molecule has 0 radical (unpaired) electrons. The predicted molar refractivity (Wildman–Crippen MR) is 92.5 cm³/mol. The maximum Gasteiger partial charge on any atom is 0.254 e. The molecule has 2 heterocycles. The number of hydrogen-bond donors (Lipinski definition) is 0. The summed E-state index contributed by atoms with van der Waals surface area (Å²) in [6.45, 7) is 2.78. The van der Waals surface area contributed by atoms with Gasteiger partial charge < -0.3 is 4.90 Å². The second-order valence-corrected chi connectivity index (χ2v) is 9.13. The van der Waals surface area contributed by atoms with Crippen molar-refractivity contribution in [3.8, 4) is 0 Å². The van der Waals surface area contributed by atoms with Crippen LogP contribution in [0.5, 0.6) is 0 Å². The van der Waals surface area contributed by atoms with Gasteiger partial charge in [-0.05, 0) is 48.1 Å². The Bertz CT molecular complexity index is 822. The standard InChI is InChI=1S/C17H19NO3S2/c1-12-15-8-10-22-16(15)7-9-18(12)17(19)14-5-3-13(4-6-14)11-23(2,20)21/h3-6,8,10,12H,7,9,11H2,1-2H3/t12-/m0/s1. The van der Waals surface area contributed by atoms with Crippen molar-refractivity contribution in [2.24, 2.45) is 0 Å². The quantitative estimate of drug-likeness (QED) is 0.856. The molecule has 1 aliphatic rings. The third kappa shape index (κ3) is 3.48. The molecule has 0 N–H and O–H groups in total. The minimum atomic E-state index is -3.06. The third-order valence-corrected chi connectivity index (χ3v) is 6.02. The van der Waals surface area contributed by atoms with Crippen LogP contribution in [-0.4, -0.2) is 32.0 Å². The zero-order valence-corrected chi connectivity index (χ0v) is 14.8. The first-order valence-electron chi connectivity index (χ1n) is 7.49. The molecule has 3 rings (SSSR count). The van der Waals surface area contributed by atoms with Crippen LogP contribution >= 0.6 is 11.3 Å². The lowest BCUT2D eigenvalue weighted by atomic mass is 10.00. The lowest BCUT2D eigenvalue weighted by Crippen LogP contribution is -2.38. The van der Waals surface area contributed by atoms with Crippen molar-refractivity contribution >= 4 is 27.1 Å². The van der Waals surface area contributed by atoms with Crippen LogP contribution in [0.3, 0.4) is 0 Å². The molecular formula is C17H19NO3S2. The van der Waals surface area contributed by atoms with E-state index in [9.17, 15) is 13.2 Å². The molecule has 4 nitrogen and oxygen atoms in total. The summed E-state index contributed by atoms with van der Waals surface area (Å²) in [5.74, 6) is 0.0000892. The Morgan fingerprint density at radius 2 is 1.96 bits per heavy atom. The van der Waals surface area contributed by atoms with E-state index in [-0.39, 0.29) is 17.7 Å². The Labute approximate surface area is 140 Å². The highest BCUT2D eigenvalue weighted by molar-refractivity contribution is 7.89. The summed E-state index contributed by atoms with van der Waals surface area (Å²) in [6.07, 6.45) is 2.11. The number of amides is 1. The van der Waals surface area contributed by atoms with Crippen LogP contribution in [0.15, 0.2) is 35.7 Å². The van der Waals surface area contributed by atoms with Crippen LogP contribution in [0.4, 0.5) is 0 Å². The first-order valence-corrected chi connectivity index (χ1v) is 10.4. The fourth-order valence-electron chi connectivity index (χ4n) is 3.00. The fraction of sp³-hybridized carbons (Fsp3) is 0.353. The van der Waals surface area contributed by atoms with E-state index in [0.717, 1.165) is 13.0 Å². The molecular weight excluding hydrogens is 330 g/mol. The van der Waals surface area contributed by atoms with Crippen molar-refractivity contribution in [2.75, 3.05) is 12.8 Å². The SMILES string of the molecule is C[C@H]1c2ccsc2CCN1C(=O)c1ccc(CS(C)(=O)=O)cc1. The number of hydrogen-bond acceptors (Lipinski definition) is 4. The Kier molecular flexibility index (Phi) is 4.29. The van der Waals surface area contributed by atoms with Crippen LogP contribution < -0.4 is 0 Å². The highest BCUT2D eigenvalue weighted by Crippen LogP contribution is 2.33. The summed E-state index contributed by atoms with van der Waals surface area (Å²) in [7, 11) is -3.06. The smallest absolute Gasteiger partial charge is 0.254 e. The van der Waals surface area contributed by atoms with Crippen LogP contribution in [0, 0.1) is 0 Å². The molecule has 0 unspecified atom stereocenters. The van der Waals surface area contributed by atoms with Crippen molar-refractivity contribution in [2.45, 2.75) is 25.1 Å². The van der Waals surface area contributed by atoms with Gasteiger partial charge in [-0.2, -0.15) is 0 Å². The van der Waals surface area contributed by atoms with E-state index in [0.29, 0.717) is 11.1 Å². The number of nitrogens with zero attached hydrogens (tertiary/aromatic N) is 1. The Morgan fingerprint density at radius 1 is 1.26 bits per heavy atom. The van der Waals surface area contributed by atoms with E-state index in [1.165, 1.54) is 16.7 Å². The lowest BCUT2D eigenvalue weighted by Gasteiger charge is -2.33. The van der Waals surface area contributed by atoms with Gasteiger partial charge in [-0.3, -0.25) is 4.79 Å². The van der Waals surface area contributed by atoms with Gasteiger partial charge in [0.25, 0.3) is 5.91 Å².